The smallest absolute Gasteiger partial charge is 0.202 e. The van der Waals surface area contributed by atoms with Crippen molar-refractivity contribution in [1.82, 2.24) is 14.8 Å². The molecule has 1 radical (unpaired) electrons. The van der Waals surface area contributed by atoms with E-state index in [1.54, 1.807) is 39.1 Å². The van der Waals surface area contributed by atoms with Crippen molar-refractivity contribution in [2.75, 3.05) is 0 Å². The van der Waals surface area contributed by atoms with E-state index in [0.717, 1.165) is 0 Å². The molecule has 2 aromatic heterocycles. The fraction of sp³-hybridized carbons (Fsp3) is 0.333. The zero-order valence-electron chi connectivity index (χ0n) is 10.8. The molecule has 2 heterocycles. The van der Waals surface area contributed by atoms with Gasteiger partial charge >= 0.3 is 0 Å². The van der Waals surface area contributed by atoms with Crippen LogP contribution in [0.15, 0.2) is 29.4 Å². The molecule has 0 saturated carbocycles. The number of hydrogen-bond donors (Lipinski definition) is 0. The van der Waals surface area contributed by atoms with Crippen LogP contribution in [-0.4, -0.2) is 27.9 Å². The standard InChI is InChI=1S/C12H13ClN3O2S/c1-12(2,3)19(17,18)10-6-8-16(15-10)11-9(13)5-4-7-14-11/h4-7H,1-3H3. The van der Waals surface area contributed by atoms with Crippen molar-refractivity contribution in [2.24, 2.45) is 0 Å². The largest absolute Gasteiger partial charge is 0.236 e. The number of pyridine rings is 1. The van der Waals surface area contributed by atoms with Gasteiger partial charge in [-0.2, -0.15) is 5.10 Å². The van der Waals surface area contributed by atoms with E-state index in [0.29, 0.717) is 10.8 Å². The van der Waals surface area contributed by atoms with Crippen molar-refractivity contribution in [3.63, 3.8) is 0 Å². The highest BCUT2D eigenvalue weighted by Crippen LogP contribution is 2.24. The summed E-state index contributed by atoms with van der Waals surface area (Å²) in [5, 5.41) is 4.34. The highest BCUT2D eigenvalue weighted by Gasteiger charge is 2.33. The van der Waals surface area contributed by atoms with E-state index >= 15 is 0 Å². The quantitative estimate of drug-likeness (QED) is 0.853. The minimum Gasteiger partial charge on any atom is -0.236 e. The van der Waals surface area contributed by atoms with Crippen molar-refractivity contribution in [3.05, 3.63) is 35.6 Å². The summed E-state index contributed by atoms with van der Waals surface area (Å²) in [5.41, 5.74) is 0. The molecule has 0 aliphatic rings. The van der Waals surface area contributed by atoms with Gasteiger partial charge in [0.1, 0.15) is 0 Å². The van der Waals surface area contributed by atoms with Gasteiger partial charge in [0.05, 0.1) is 16.0 Å². The molecule has 7 heteroatoms. The van der Waals surface area contributed by atoms with Crippen LogP contribution < -0.4 is 0 Å². The Balaban J connectivity index is 2.50. The van der Waals surface area contributed by atoms with Gasteiger partial charge in [0.15, 0.2) is 10.8 Å². The fourth-order valence-corrected chi connectivity index (χ4v) is 2.59. The van der Waals surface area contributed by atoms with Gasteiger partial charge in [0.2, 0.25) is 9.84 Å². The van der Waals surface area contributed by atoms with Gasteiger partial charge in [-0.15, -0.1) is 0 Å². The molecule has 0 aliphatic carbocycles. The molecule has 2 rings (SSSR count). The van der Waals surface area contributed by atoms with Crippen molar-refractivity contribution in [3.8, 4) is 5.82 Å². The molecule has 2 aromatic rings. The minimum atomic E-state index is -3.51. The van der Waals surface area contributed by atoms with E-state index in [1.807, 2.05) is 0 Å². The Kier molecular flexibility index (Phi) is 3.40. The summed E-state index contributed by atoms with van der Waals surface area (Å²) < 4.78 is 24.8. The first kappa shape index (κ1) is 14.0. The molecule has 5 nitrogen and oxygen atoms in total. The first-order chi connectivity index (χ1) is 8.73. The van der Waals surface area contributed by atoms with Gasteiger partial charge in [0.25, 0.3) is 0 Å². The maximum atomic E-state index is 12.2. The average Bonchev–Trinajstić information content (AvgIpc) is 2.77. The van der Waals surface area contributed by atoms with Crippen molar-refractivity contribution >= 4 is 21.4 Å². The molecule has 0 saturated heterocycles. The lowest BCUT2D eigenvalue weighted by molar-refractivity contribution is 0.554. The average molecular weight is 299 g/mol. The van der Waals surface area contributed by atoms with Crippen LogP contribution in [0.5, 0.6) is 0 Å². The molecular weight excluding hydrogens is 286 g/mol. The molecule has 0 unspecified atom stereocenters. The summed E-state index contributed by atoms with van der Waals surface area (Å²) >= 11 is 5.98. The second-order valence-corrected chi connectivity index (χ2v) is 8.01. The van der Waals surface area contributed by atoms with Crippen LogP contribution >= 0.6 is 11.6 Å². The molecule has 0 bridgehead atoms. The Morgan fingerprint density at radius 1 is 1.37 bits per heavy atom. The maximum Gasteiger partial charge on any atom is 0.202 e. The number of sulfone groups is 1. The Bertz CT molecular complexity index is 702. The van der Waals surface area contributed by atoms with E-state index in [1.165, 1.54) is 10.7 Å². The molecule has 101 valence electrons. The molecule has 0 atom stereocenters. The number of halogens is 1. The maximum absolute atomic E-state index is 12.2. The zero-order chi connectivity index (χ0) is 14.3. The van der Waals surface area contributed by atoms with Crippen LogP contribution in [0.1, 0.15) is 20.8 Å². The third kappa shape index (κ3) is 2.50. The lowest BCUT2D eigenvalue weighted by Gasteiger charge is -2.16. The summed E-state index contributed by atoms with van der Waals surface area (Å²) in [6.07, 6.45) is 4.27. The normalized spacial score (nSPS) is 12.6. The van der Waals surface area contributed by atoms with Crippen molar-refractivity contribution in [1.29, 1.82) is 0 Å². The number of rotatable bonds is 2. The molecule has 0 aliphatic heterocycles. The second kappa shape index (κ2) is 4.61. The van der Waals surface area contributed by atoms with E-state index < -0.39 is 14.6 Å². The van der Waals surface area contributed by atoms with E-state index in [2.05, 4.69) is 16.3 Å². The van der Waals surface area contributed by atoms with E-state index in [-0.39, 0.29) is 5.03 Å². The summed E-state index contributed by atoms with van der Waals surface area (Å²) in [4.78, 5) is 4.05. The Morgan fingerprint density at radius 3 is 2.63 bits per heavy atom. The number of hydrogen-bond acceptors (Lipinski definition) is 4. The van der Waals surface area contributed by atoms with Crippen molar-refractivity contribution in [2.45, 2.75) is 30.5 Å². The zero-order valence-corrected chi connectivity index (χ0v) is 12.3. The van der Waals surface area contributed by atoms with Gasteiger partial charge in [-0.3, -0.25) is 0 Å². The third-order valence-corrected chi connectivity index (χ3v) is 5.19. The Morgan fingerprint density at radius 2 is 2.05 bits per heavy atom. The van der Waals surface area contributed by atoms with Crippen LogP contribution in [0.3, 0.4) is 0 Å². The lowest BCUT2D eigenvalue weighted by atomic mass is 10.3. The van der Waals surface area contributed by atoms with Gasteiger partial charge < -0.3 is 0 Å². The predicted octanol–water partition coefficient (Wildman–Crippen LogP) is 2.29. The number of aromatic nitrogens is 3. The van der Waals surface area contributed by atoms with Crippen LogP contribution in [-0.2, 0) is 9.84 Å². The fourth-order valence-electron chi connectivity index (χ4n) is 1.36. The summed E-state index contributed by atoms with van der Waals surface area (Å²) in [6.45, 7) is 4.86. The highest BCUT2D eigenvalue weighted by molar-refractivity contribution is 7.92. The first-order valence-electron chi connectivity index (χ1n) is 5.57. The molecular formula is C12H13ClN3O2S. The topological polar surface area (TPSA) is 64.8 Å². The first-order valence-corrected chi connectivity index (χ1v) is 7.43. The predicted molar refractivity (Wildman–Crippen MR) is 72.1 cm³/mol. The summed E-state index contributed by atoms with van der Waals surface area (Å²) in [6, 6.07) is 4.66. The van der Waals surface area contributed by atoms with Gasteiger partial charge in [0, 0.05) is 12.3 Å². The lowest BCUT2D eigenvalue weighted by Crippen LogP contribution is -2.28. The highest BCUT2D eigenvalue weighted by atomic mass is 35.5. The Labute approximate surface area is 117 Å². The van der Waals surface area contributed by atoms with E-state index in [4.69, 9.17) is 11.6 Å². The molecule has 0 spiro atoms. The second-order valence-electron chi connectivity index (χ2n) is 4.95. The Hall–Kier alpha value is -1.40. The monoisotopic (exact) mass is 298 g/mol. The van der Waals surface area contributed by atoms with Crippen LogP contribution in [0, 0.1) is 6.20 Å². The van der Waals surface area contributed by atoms with Crippen LogP contribution in [0.2, 0.25) is 5.02 Å². The SMILES string of the molecule is CC(C)(C)S(=O)(=O)c1c[c]n(-c2ncccc2Cl)n1. The number of nitrogens with zero attached hydrogens (tertiary/aromatic N) is 3. The summed E-state index contributed by atoms with van der Waals surface area (Å²) in [7, 11) is -3.51. The van der Waals surface area contributed by atoms with Crippen molar-refractivity contribution < 1.29 is 8.42 Å². The molecule has 0 N–H and O–H groups in total. The van der Waals surface area contributed by atoms with E-state index in [9.17, 15) is 8.42 Å². The molecule has 19 heavy (non-hydrogen) atoms. The molecule has 0 amide bonds. The molecule has 0 aromatic carbocycles. The van der Waals surface area contributed by atoms with Gasteiger partial charge in [-0.05, 0) is 32.9 Å². The van der Waals surface area contributed by atoms with Crippen LogP contribution in [0.4, 0.5) is 0 Å². The van der Waals surface area contributed by atoms with Crippen LogP contribution in [0.25, 0.3) is 5.82 Å². The van der Waals surface area contributed by atoms with Gasteiger partial charge in [-0.25, -0.2) is 18.1 Å². The van der Waals surface area contributed by atoms with Gasteiger partial charge in [-0.1, -0.05) is 11.6 Å². The molecule has 0 fully saturated rings. The summed E-state index contributed by atoms with van der Waals surface area (Å²) in [5.74, 6) is 0.347. The minimum absolute atomic E-state index is 0.0401. The third-order valence-electron chi connectivity index (χ3n) is 2.53.